The molecule has 1 amide bonds. The fraction of sp³-hybridized carbons (Fsp3) is 0.308. The zero-order valence-corrected chi connectivity index (χ0v) is 14.7. The number of thiophene rings is 1. The third-order valence-corrected chi connectivity index (χ3v) is 4.83. The number of nitrogens with zero attached hydrogens (tertiary/aromatic N) is 2. The van der Waals surface area contributed by atoms with Gasteiger partial charge in [0.1, 0.15) is 5.69 Å². The van der Waals surface area contributed by atoms with Gasteiger partial charge in [-0.1, -0.05) is 0 Å². The Kier molecular flexibility index (Phi) is 4.86. The summed E-state index contributed by atoms with van der Waals surface area (Å²) in [4.78, 5) is 15.3. The molecular formula is C13H14Br2N2OS. The number of halogens is 2. The van der Waals surface area contributed by atoms with E-state index >= 15 is 0 Å². The highest BCUT2D eigenvalue weighted by atomic mass is 79.9. The van der Waals surface area contributed by atoms with Gasteiger partial charge in [-0.3, -0.25) is 4.79 Å². The number of aromatic nitrogens is 1. The summed E-state index contributed by atoms with van der Waals surface area (Å²) in [6.07, 6.45) is 1.93. The van der Waals surface area contributed by atoms with Crippen LogP contribution in [0.2, 0.25) is 0 Å². The van der Waals surface area contributed by atoms with Crippen LogP contribution in [0.3, 0.4) is 0 Å². The van der Waals surface area contributed by atoms with E-state index in [-0.39, 0.29) is 5.91 Å². The standard InChI is InChI=1S/C13H14Br2N2OS/c1-3-17-7-9(14)6-11(17)13(18)16(2)8-10-4-5-12(15)19-10/h4-7H,3,8H2,1-2H3. The van der Waals surface area contributed by atoms with Crippen molar-refractivity contribution in [2.75, 3.05) is 7.05 Å². The zero-order valence-electron chi connectivity index (χ0n) is 10.7. The predicted octanol–water partition coefficient (Wildman–Crippen LogP) is 4.37. The van der Waals surface area contributed by atoms with E-state index in [0.29, 0.717) is 12.2 Å². The zero-order chi connectivity index (χ0) is 14.0. The maximum Gasteiger partial charge on any atom is 0.270 e. The lowest BCUT2D eigenvalue weighted by atomic mass is 10.3. The second kappa shape index (κ2) is 6.24. The molecule has 0 saturated heterocycles. The van der Waals surface area contributed by atoms with Gasteiger partial charge in [0.05, 0.1) is 10.3 Å². The first-order chi connectivity index (χ1) is 9.01. The Balaban J connectivity index is 2.14. The minimum atomic E-state index is 0.0390. The molecule has 0 radical (unpaired) electrons. The molecule has 0 aromatic carbocycles. The third kappa shape index (κ3) is 3.49. The van der Waals surface area contributed by atoms with Crippen molar-refractivity contribution < 1.29 is 4.79 Å². The number of amides is 1. The Morgan fingerprint density at radius 3 is 2.74 bits per heavy atom. The largest absolute Gasteiger partial charge is 0.343 e. The van der Waals surface area contributed by atoms with Crippen LogP contribution in [0.1, 0.15) is 22.3 Å². The fourth-order valence-electron chi connectivity index (χ4n) is 1.85. The molecule has 2 aromatic rings. The first kappa shape index (κ1) is 14.8. The number of hydrogen-bond acceptors (Lipinski definition) is 2. The summed E-state index contributed by atoms with van der Waals surface area (Å²) >= 11 is 8.50. The van der Waals surface area contributed by atoms with E-state index in [4.69, 9.17) is 0 Å². The van der Waals surface area contributed by atoms with Crippen molar-refractivity contribution in [3.05, 3.63) is 43.2 Å². The molecule has 6 heteroatoms. The first-order valence-electron chi connectivity index (χ1n) is 5.86. The van der Waals surface area contributed by atoms with E-state index in [9.17, 15) is 4.79 Å². The summed E-state index contributed by atoms with van der Waals surface area (Å²) in [6, 6.07) is 5.91. The van der Waals surface area contributed by atoms with Gasteiger partial charge < -0.3 is 9.47 Å². The molecule has 0 spiro atoms. The summed E-state index contributed by atoms with van der Waals surface area (Å²) in [5.74, 6) is 0.0390. The molecular weight excluding hydrogens is 392 g/mol. The van der Waals surface area contributed by atoms with Gasteiger partial charge in [-0.2, -0.15) is 0 Å². The fourth-order valence-corrected chi connectivity index (χ4v) is 3.85. The van der Waals surface area contributed by atoms with Crippen molar-refractivity contribution in [2.24, 2.45) is 0 Å². The molecule has 19 heavy (non-hydrogen) atoms. The molecule has 3 nitrogen and oxygen atoms in total. The Labute approximate surface area is 133 Å². The van der Waals surface area contributed by atoms with E-state index < -0.39 is 0 Å². The van der Waals surface area contributed by atoms with Gasteiger partial charge in [0.15, 0.2) is 0 Å². The molecule has 0 aliphatic carbocycles. The van der Waals surface area contributed by atoms with Crippen molar-refractivity contribution in [1.29, 1.82) is 0 Å². The molecule has 0 unspecified atom stereocenters. The summed E-state index contributed by atoms with van der Waals surface area (Å²) in [5, 5.41) is 0. The van der Waals surface area contributed by atoms with E-state index in [1.165, 1.54) is 0 Å². The van der Waals surface area contributed by atoms with Gasteiger partial charge in [0.2, 0.25) is 0 Å². The van der Waals surface area contributed by atoms with E-state index in [1.807, 2.05) is 42.9 Å². The molecule has 0 atom stereocenters. The molecule has 102 valence electrons. The van der Waals surface area contributed by atoms with Crippen LogP contribution in [0.25, 0.3) is 0 Å². The van der Waals surface area contributed by atoms with Crippen molar-refractivity contribution >= 4 is 49.1 Å². The molecule has 0 fully saturated rings. The quantitative estimate of drug-likeness (QED) is 0.741. The van der Waals surface area contributed by atoms with Crippen LogP contribution in [0.5, 0.6) is 0 Å². The predicted molar refractivity (Wildman–Crippen MR) is 85.6 cm³/mol. The average molecular weight is 406 g/mol. The minimum absolute atomic E-state index is 0.0390. The summed E-state index contributed by atoms with van der Waals surface area (Å²) < 4.78 is 3.97. The van der Waals surface area contributed by atoms with Crippen molar-refractivity contribution in [1.82, 2.24) is 9.47 Å². The monoisotopic (exact) mass is 404 g/mol. The molecule has 0 saturated carbocycles. The number of rotatable bonds is 4. The first-order valence-corrected chi connectivity index (χ1v) is 8.27. The summed E-state index contributed by atoms with van der Waals surface area (Å²) in [7, 11) is 1.83. The van der Waals surface area contributed by atoms with Gasteiger partial charge in [0.25, 0.3) is 5.91 Å². The van der Waals surface area contributed by atoms with Gasteiger partial charge in [-0.25, -0.2) is 0 Å². The number of carbonyl (C=O) groups is 1. The van der Waals surface area contributed by atoms with Crippen LogP contribution in [-0.4, -0.2) is 22.4 Å². The van der Waals surface area contributed by atoms with Crippen molar-refractivity contribution in [2.45, 2.75) is 20.0 Å². The van der Waals surface area contributed by atoms with Crippen LogP contribution < -0.4 is 0 Å². The Morgan fingerprint density at radius 1 is 1.42 bits per heavy atom. The number of carbonyl (C=O) groups excluding carboxylic acids is 1. The molecule has 0 aliphatic rings. The maximum absolute atomic E-state index is 12.4. The highest BCUT2D eigenvalue weighted by molar-refractivity contribution is 9.11. The van der Waals surface area contributed by atoms with Gasteiger partial charge in [-0.15, -0.1) is 11.3 Å². The lowest BCUT2D eigenvalue weighted by molar-refractivity contribution is 0.0776. The summed E-state index contributed by atoms with van der Waals surface area (Å²) in [6.45, 7) is 3.44. The van der Waals surface area contributed by atoms with Crippen LogP contribution in [0.15, 0.2) is 32.7 Å². The van der Waals surface area contributed by atoms with E-state index in [1.54, 1.807) is 16.2 Å². The molecule has 0 N–H and O–H groups in total. The Morgan fingerprint density at radius 2 is 2.16 bits per heavy atom. The number of aryl methyl sites for hydroxylation is 1. The van der Waals surface area contributed by atoms with Crippen molar-refractivity contribution in [3.63, 3.8) is 0 Å². The van der Waals surface area contributed by atoms with Crippen LogP contribution in [0, 0.1) is 0 Å². The molecule has 2 rings (SSSR count). The smallest absolute Gasteiger partial charge is 0.270 e. The lowest BCUT2D eigenvalue weighted by Gasteiger charge is -2.17. The van der Waals surface area contributed by atoms with Crippen LogP contribution in [-0.2, 0) is 13.1 Å². The third-order valence-electron chi connectivity index (χ3n) is 2.79. The second-order valence-corrected chi connectivity index (χ2v) is 7.66. The molecule has 2 heterocycles. The van der Waals surface area contributed by atoms with Crippen LogP contribution >= 0.6 is 43.2 Å². The Bertz CT molecular complexity index is 591. The number of hydrogen-bond donors (Lipinski definition) is 0. The molecule has 2 aromatic heterocycles. The van der Waals surface area contributed by atoms with E-state index in [0.717, 1.165) is 19.7 Å². The SMILES string of the molecule is CCn1cc(Br)cc1C(=O)N(C)Cc1ccc(Br)s1. The molecule has 0 aliphatic heterocycles. The summed E-state index contributed by atoms with van der Waals surface area (Å²) in [5.41, 5.74) is 0.715. The van der Waals surface area contributed by atoms with Crippen LogP contribution in [0.4, 0.5) is 0 Å². The normalized spacial score (nSPS) is 10.7. The average Bonchev–Trinajstić information content (AvgIpc) is 2.94. The lowest BCUT2D eigenvalue weighted by Crippen LogP contribution is -2.27. The maximum atomic E-state index is 12.4. The Hall–Kier alpha value is -0.590. The minimum Gasteiger partial charge on any atom is -0.343 e. The molecule has 0 bridgehead atoms. The van der Waals surface area contributed by atoms with Crippen molar-refractivity contribution in [3.8, 4) is 0 Å². The van der Waals surface area contributed by atoms with Gasteiger partial charge in [-0.05, 0) is 57.0 Å². The van der Waals surface area contributed by atoms with Gasteiger partial charge in [0, 0.05) is 29.1 Å². The van der Waals surface area contributed by atoms with E-state index in [2.05, 4.69) is 31.9 Å². The van der Waals surface area contributed by atoms with Gasteiger partial charge >= 0.3 is 0 Å². The highest BCUT2D eigenvalue weighted by Crippen LogP contribution is 2.24. The topological polar surface area (TPSA) is 25.2 Å². The second-order valence-electron chi connectivity index (χ2n) is 4.20. The highest BCUT2D eigenvalue weighted by Gasteiger charge is 2.17.